The van der Waals surface area contributed by atoms with Crippen molar-refractivity contribution in [3.63, 3.8) is 0 Å². The molecule has 0 aromatic heterocycles. The molecule has 1 heterocycles. The zero-order valence-electron chi connectivity index (χ0n) is 16.5. The SMILES string of the molecule is Cc1ccc([C@H]2C(=O)N(C3CCCCC3)CC(=O)N2C2CCCCC2)cc1. The molecule has 1 atom stereocenters. The summed E-state index contributed by atoms with van der Waals surface area (Å²) in [5, 5.41) is 0. The van der Waals surface area contributed by atoms with Crippen LogP contribution < -0.4 is 0 Å². The average Bonchev–Trinajstić information content (AvgIpc) is 2.71. The van der Waals surface area contributed by atoms with E-state index in [2.05, 4.69) is 19.1 Å². The van der Waals surface area contributed by atoms with Crippen LogP contribution in [0.25, 0.3) is 0 Å². The third kappa shape index (κ3) is 3.76. The van der Waals surface area contributed by atoms with Crippen molar-refractivity contribution in [3.8, 4) is 0 Å². The monoisotopic (exact) mass is 368 g/mol. The second-order valence-electron chi connectivity index (χ2n) is 8.66. The van der Waals surface area contributed by atoms with Crippen molar-refractivity contribution < 1.29 is 9.59 Å². The molecule has 2 amide bonds. The summed E-state index contributed by atoms with van der Waals surface area (Å²) in [4.78, 5) is 30.8. The van der Waals surface area contributed by atoms with Gasteiger partial charge in [0.05, 0.1) is 0 Å². The Kier molecular flexibility index (Phi) is 5.51. The summed E-state index contributed by atoms with van der Waals surface area (Å²) in [5.41, 5.74) is 2.16. The van der Waals surface area contributed by atoms with E-state index in [0.717, 1.165) is 44.1 Å². The van der Waals surface area contributed by atoms with Gasteiger partial charge in [0.15, 0.2) is 0 Å². The number of hydrogen-bond donors (Lipinski definition) is 0. The fourth-order valence-electron chi connectivity index (χ4n) is 5.25. The van der Waals surface area contributed by atoms with Crippen LogP contribution in [0.2, 0.25) is 0 Å². The minimum atomic E-state index is -0.433. The second-order valence-corrected chi connectivity index (χ2v) is 8.66. The smallest absolute Gasteiger partial charge is 0.250 e. The number of carbonyl (C=O) groups excluding carboxylic acids is 2. The van der Waals surface area contributed by atoms with E-state index in [1.807, 2.05) is 21.9 Å². The predicted octanol–water partition coefficient (Wildman–Crippen LogP) is 4.37. The maximum Gasteiger partial charge on any atom is 0.250 e. The van der Waals surface area contributed by atoms with E-state index in [1.54, 1.807) is 0 Å². The summed E-state index contributed by atoms with van der Waals surface area (Å²) in [5.74, 6) is 0.300. The standard InChI is InChI=1S/C23H32N2O2/c1-17-12-14-18(15-13-17)22-23(27)24(19-8-4-2-5-9-19)16-21(26)25(22)20-10-6-3-7-11-20/h12-15,19-20,22H,2-11,16H2,1H3/t22-/m0/s1. The quantitative estimate of drug-likeness (QED) is 0.795. The van der Waals surface area contributed by atoms with E-state index >= 15 is 0 Å². The van der Waals surface area contributed by atoms with Gasteiger partial charge in [0, 0.05) is 12.1 Å². The van der Waals surface area contributed by atoms with Crippen LogP contribution in [0.15, 0.2) is 24.3 Å². The normalized spacial score (nSPS) is 25.9. The molecule has 2 aliphatic carbocycles. The van der Waals surface area contributed by atoms with Gasteiger partial charge < -0.3 is 9.80 Å². The van der Waals surface area contributed by atoms with Crippen LogP contribution in [-0.4, -0.2) is 40.2 Å². The first-order valence-electron chi connectivity index (χ1n) is 10.8. The van der Waals surface area contributed by atoms with Gasteiger partial charge in [-0.25, -0.2) is 0 Å². The molecule has 0 bridgehead atoms. The van der Waals surface area contributed by atoms with Gasteiger partial charge in [0.1, 0.15) is 12.6 Å². The van der Waals surface area contributed by atoms with Gasteiger partial charge in [-0.3, -0.25) is 9.59 Å². The predicted molar refractivity (Wildman–Crippen MR) is 106 cm³/mol. The molecular formula is C23H32N2O2. The molecule has 1 aromatic rings. The Morgan fingerprint density at radius 3 is 1.93 bits per heavy atom. The number of nitrogens with zero attached hydrogens (tertiary/aromatic N) is 2. The molecule has 146 valence electrons. The molecule has 1 saturated heterocycles. The first-order chi connectivity index (χ1) is 13.1. The Balaban J connectivity index is 1.67. The molecule has 0 unspecified atom stereocenters. The third-order valence-electron chi connectivity index (χ3n) is 6.77. The van der Waals surface area contributed by atoms with Crippen molar-refractivity contribution in [1.29, 1.82) is 0 Å². The number of carbonyl (C=O) groups is 2. The minimum absolute atomic E-state index is 0.149. The highest BCUT2D eigenvalue weighted by Crippen LogP contribution is 2.36. The van der Waals surface area contributed by atoms with Crippen molar-refractivity contribution in [2.45, 2.75) is 89.3 Å². The molecule has 0 N–H and O–H groups in total. The van der Waals surface area contributed by atoms with Gasteiger partial charge in [-0.2, -0.15) is 0 Å². The van der Waals surface area contributed by atoms with Crippen LogP contribution >= 0.6 is 0 Å². The van der Waals surface area contributed by atoms with E-state index in [9.17, 15) is 9.59 Å². The van der Waals surface area contributed by atoms with Crippen LogP contribution in [0, 0.1) is 6.92 Å². The molecule has 27 heavy (non-hydrogen) atoms. The first-order valence-corrected chi connectivity index (χ1v) is 10.8. The van der Waals surface area contributed by atoms with Gasteiger partial charge in [-0.15, -0.1) is 0 Å². The van der Waals surface area contributed by atoms with Crippen molar-refractivity contribution in [2.75, 3.05) is 6.54 Å². The highest BCUT2D eigenvalue weighted by Gasteiger charge is 2.45. The molecule has 1 aromatic carbocycles. The van der Waals surface area contributed by atoms with Crippen LogP contribution in [0.3, 0.4) is 0 Å². The fraction of sp³-hybridized carbons (Fsp3) is 0.652. The lowest BCUT2D eigenvalue weighted by Crippen LogP contribution is -2.61. The molecule has 3 fully saturated rings. The van der Waals surface area contributed by atoms with E-state index in [4.69, 9.17) is 0 Å². The Bertz CT molecular complexity index is 672. The van der Waals surface area contributed by atoms with Crippen LogP contribution in [-0.2, 0) is 9.59 Å². The highest BCUT2D eigenvalue weighted by molar-refractivity contribution is 5.96. The van der Waals surface area contributed by atoms with E-state index in [-0.39, 0.29) is 30.4 Å². The topological polar surface area (TPSA) is 40.6 Å². The summed E-state index contributed by atoms with van der Waals surface area (Å²) >= 11 is 0. The molecule has 4 nitrogen and oxygen atoms in total. The molecule has 0 radical (unpaired) electrons. The summed E-state index contributed by atoms with van der Waals surface area (Å²) < 4.78 is 0. The lowest BCUT2D eigenvalue weighted by atomic mass is 9.88. The molecule has 1 aliphatic heterocycles. The van der Waals surface area contributed by atoms with Crippen LogP contribution in [0.1, 0.15) is 81.4 Å². The van der Waals surface area contributed by atoms with Crippen molar-refractivity contribution in [2.24, 2.45) is 0 Å². The molecule has 4 rings (SSSR count). The first kappa shape index (κ1) is 18.5. The molecule has 2 saturated carbocycles. The van der Waals surface area contributed by atoms with Crippen molar-refractivity contribution >= 4 is 11.8 Å². The largest absolute Gasteiger partial charge is 0.328 e. The Hall–Kier alpha value is -1.84. The van der Waals surface area contributed by atoms with Gasteiger partial charge in [0.2, 0.25) is 5.91 Å². The Labute approximate surface area is 162 Å². The number of hydrogen-bond acceptors (Lipinski definition) is 2. The number of benzene rings is 1. The van der Waals surface area contributed by atoms with E-state index < -0.39 is 6.04 Å². The number of amides is 2. The molecule has 4 heteroatoms. The Morgan fingerprint density at radius 1 is 0.778 bits per heavy atom. The Morgan fingerprint density at radius 2 is 1.33 bits per heavy atom. The van der Waals surface area contributed by atoms with E-state index in [1.165, 1.54) is 31.2 Å². The summed E-state index contributed by atoms with van der Waals surface area (Å²) in [7, 11) is 0. The molecule has 3 aliphatic rings. The number of rotatable bonds is 3. The average molecular weight is 369 g/mol. The van der Waals surface area contributed by atoms with Crippen molar-refractivity contribution in [1.82, 2.24) is 9.80 Å². The zero-order chi connectivity index (χ0) is 18.8. The zero-order valence-corrected chi connectivity index (χ0v) is 16.5. The number of piperazine rings is 1. The van der Waals surface area contributed by atoms with Crippen LogP contribution in [0.4, 0.5) is 0 Å². The summed E-state index contributed by atoms with van der Waals surface area (Å²) in [6.07, 6.45) is 11.3. The summed E-state index contributed by atoms with van der Waals surface area (Å²) in [6, 6.07) is 8.25. The lowest BCUT2D eigenvalue weighted by molar-refractivity contribution is -0.162. The highest BCUT2D eigenvalue weighted by atomic mass is 16.2. The molecular weight excluding hydrogens is 336 g/mol. The van der Waals surface area contributed by atoms with Gasteiger partial charge in [0.25, 0.3) is 5.91 Å². The second kappa shape index (κ2) is 8.04. The van der Waals surface area contributed by atoms with E-state index in [0.29, 0.717) is 0 Å². The number of aryl methyl sites for hydroxylation is 1. The maximum absolute atomic E-state index is 13.6. The van der Waals surface area contributed by atoms with Gasteiger partial charge >= 0.3 is 0 Å². The van der Waals surface area contributed by atoms with Gasteiger partial charge in [-0.1, -0.05) is 68.4 Å². The lowest BCUT2D eigenvalue weighted by Gasteiger charge is -2.48. The van der Waals surface area contributed by atoms with Gasteiger partial charge in [-0.05, 0) is 38.2 Å². The third-order valence-corrected chi connectivity index (χ3v) is 6.77. The van der Waals surface area contributed by atoms with Crippen molar-refractivity contribution in [3.05, 3.63) is 35.4 Å². The molecule has 0 spiro atoms. The summed E-state index contributed by atoms with van der Waals surface area (Å²) in [6.45, 7) is 2.34. The van der Waals surface area contributed by atoms with Crippen LogP contribution in [0.5, 0.6) is 0 Å². The minimum Gasteiger partial charge on any atom is -0.328 e. The fourth-order valence-corrected chi connectivity index (χ4v) is 5.25. The maximum atomic E-state index is 13.6.